The molecule has 0 spiro atoms. The lowest BCUT2D eigenvalue weighted by atomic mass is 9.92. The van der Waals surface area contributed by atoms with E-state index in [1.54, 1.807) is 20.8 Å². The Hall–Kier alpha value is -4.40. The lowest BCUT2D eigenvalue weighted by Gasteiger charge is -2.43. The van der Waals surface area contributed by atoms with Gasteiger partial charge in [-0.15, -0.1) is 0 Å². The molecule has 3 aromatic carbocycles. The Kier molecular flexibility index (Phi) is 9.99. The Labute approximate surface area is 247 Å². The first kappa shape index (κ1) is 32.1. The molecular weight excluding hydrogens is 532 g/mol. The summed E-state index contributed by atoms with van der Waals surface area (Å²) < 4.78 is 5.40. The molecule has 0 aliphatic carbocycles. The molecule has 0 fully saturated rings. The van der Waals surface area contributed by atoms with Crippen LogP contribution >= 0.6 is 0 Å². The van der Waals surface area contributed by atoms with Crippen LogP contribution in [0.4, 0.5) is 10.5 Å². The van der Waals surface area contributed by atoms with Crippen LogP contribution in [-0.4, -0.2) is 45.9 Å². The minimum atomic E-state index is -1.17. The zero-order valence-electron chi connectivity index (χ0n) is 25.5. The highest BCUT2D eigenvalue weighted by Crippen LogP contribution is 2.33. The number of rotatable bonds is 9. The zero-order valence-corrected chi connectivity index (χ0v) is 25.5. The largest absolute Gasteiger partial charge is 0.444 e. The predicted octanol–water partition coefficient (Wildman–Crippen LogP) is 5.61. The van der Waals surface area contributed by atoms with E-state index in [9.17, 15) is 19.2 Å². The first-order valence-electron chi connectivity index (χ1n) is 14.0. The van der Waals surface area contributed by atoms with Crippen LogP contribution in [0.1, 0.15) is 71.6 Å². The highest BCUT2D eigenvalue weighted by atomic mass is 16.6. The Morgan fingerprint density at radius 1 is 0.881 bits per heavy atom. The van der Waals surface area contributed by atoms with E-state index >= 15 is 0 Å². The predicted molar refractivity (Wildman–Crippen MR) is 165 cm³/mol. The first-order valence-corrected chi connectivity index (χ1v) is 14.0. The second kappa shape index (κ2) is 13.1. The van der Waals surface area contributed by atoms with Gasteiger partial charge >= 0.3 is 6.09 Å². The van der Waals surface area contributed by atoms with Gasteiger partial charge in [0.15, 0.2) is 0 Å². The van der Waals surface area contributed by atoms with Crippen LogP contribution in [0.2, 0.25) is 0 Å². The van der Waals surface area contributed by atoms with E-state index in [1.165, 1.54) is 4.90 Å². The molecule has 0 heterocycles. The standard InChI is InChI=1S/C33H42N4O5/c1-21-12-8-11-15-25(21)28(29(39)35-24-17-16-22-13-9-10-14-23(22)20-24)37(32(2,3)4)30(40)26(18-19-27(34)38)36-31(41)42-33(5,6)7/h8-17,20,26,28H,18-19H2,1-7H3,(H2,34,38)(H,35,39)(H,36,41). The topological polar surface area (TPSA) is 131 Å². The highest BCUT2D eigenvalue weighted by Gasteiger charge is 2.42. The Bertz CT molecular complexity index is 1450. The Morgan fingerprint density at radius 3 is 2.10 bits per heavy atom. The van der Waals surface area contributed by atoms with Crippen LogP contribution in [0.25, 0.3) is 10.8 Å². The Balaban J connectivity index is 2.08. The molecule has 42 heavy (non-hydrogen) atoms. The summed E-state index contributed by atoms with van der Waals surface area (Å²) in [5.74, 6) is -1.59. The first-order chi connectivity index (χ1) is 19.6. The second-order valence-electron chi connectivity index (χ2n) is 12.4. The van der Waals surface area contributed by atoms with Gasteiger partial charge in [0.05, 0.1) is 0 Å². The molecule has 0 bridgehead atoms. The zero-order chi connectivity index (χ0) is 31.2. The number of fused-ring (bicyclic) bond motifs is 1. The van der Waals surface area contributed by atoms with Crippen molar-refractivity contribution in [3.05, 3.63) is 77.9 Å². The number of anilines is 1. The number of nitrogens with one attached hydrogen (secondary N) is 2. The van der Waals surface area contributed by atoms with E-state index in [0.29, 0.717) is 11.3 Å². The van der Waals surface area contributed by atoms with E-state index in [2.05, 4.69) is 10.6 Å². The third-order valence-electron chi connectivity index (χ3n) is 6.64. The average molecular weight is 575 g/mol. The Morgan fingerprint density at radius 2 is 1.50 bits per heavy atom. The number of alkyl carbamates (subject to hydrolysis) is 1. The van der Waals surface area contributed by atoms with Gasteiger partial charge in [-0.25, -0.2) is 4.79 Å². The van der Waals surface area contributed by atoms with Crippen molar-refractivity contribution in [3.63, 3.8) is 0 Å². The van der Waals surface area contributed by atoms with Crippen molar-refractivity contribution in [3.8, 4) is 0 Å². The molecule has 3 aromatic rings. The molecule has 2 atom stereocenters. The SMILES string of the molecule is Cc1ccccc1C(C(=O)Nc1ccc2ccccc2c1)N(C(=O)C(CCC(N)=O)NC(=O)OC(C)(C)C)C(C)(C)C. The van der Waals surface area contributed by atoms with Crippen molar-refractivity contribution < 1.29 is 23.9 Å². The summed E-state index contributed by atoms with van der Waals surface area (Å²) in [6.07, 6.45) is -1.03. The third-order valence-corrected chi connectivity index (χ3v) is 6.64. The van der Waals surface area contributed by atoms with Gasteiger partial charge in [-0.2, -0.15) is 0 Å². The van der Waals surface area contributed by atoms with E-state index in [-0.39, 0.29) is 12.8 Å². The maximum Gasteiger partial charge on any atom is 0.408 e. The van der Waals surface area contributed by atoms with E-state index in [4.69, 9.17) is 10.5 Å². The van der Waals surface area contributed by atoms with E-state index in [0.717, 1.165) is 16.3 Å². The third kappa shape index (κ3) is 8.55. The summed E-state index contributed by atoms with van der Waals surface area (Å²) >= 11 is 0. The molecule has 224 valence electrons. The molecule has 3 rings (SSSR count). The van der Waals surface area contributed by atoms with E-state index in [1.807, 2.05) is 94.4 Å². The number of primary amides is 1. The summed E-state index contributed by atoms with van der Waals surface area (Å²) in [5.41, 5.74) is 5.73. The summed E-state index contributed by atoms with van der Waals surface area (Å²) in [6.45, 7) is 12.5. The lowest BCUT2D eigenvalue weighted by molar-refractivity contribution is -0.147. The molecule has 0 radical (unpaired) electrons. The second-order valence-corrected chi connectivity index (χ2v) is 12.4. The van der Waals surface area contributed by atoms with Gasteiger partial charge in [0.1, 0.15) is 17.7 Å². The highest BCUT2D eigenvalue weighted by molar-refractivity contribution is 6.01. The summed E-state index contributed by atoms with van der Waals surface area (Å²) in [5, 5.41) is 7.62. The quantitative estimate of drug-likeness (QED) is 0.306. The van der Waals surface area contributed by atoms with Crippen LogP contribution in [0.3, 0.4) is 0 Å². The van der Waals surface area contributed by atoms with Crippen molar-refractivity contribution in [2.24, 2.45) is 5.73 Å². The molecule has 0 aliphatic rings. The van der Waals surface area contributed by atoms with Crippen LogP contribution in [-0.2, 0) is 19.1 Å². The maximum absolute atomic E-state index is 14.4. The van der Waals surface area contributed by atoms with Crippen molar-refractivity contribution in [2.75, 3.05) is 5.32 Å². The molecule has 4 N–H and O–H groups in total. The van der Waals surface area contributed by atoms with Crippen molar-refractivity contribution in [1.29, 1.82) is 0 Å². The molecular formula is C33H42N4O5. The fourth-order valence-corrected chi connectivity index (χ4v) is 4.78. The normalized spacial score (nSPS) is 13.1. The van der Waals surface area contributed by atoms with Gasteiger partial charge in [0.25, 0.3) is 5.91 Å². The smallest absolute Gasteiger partial charge is 0.408 e. The van der Waals surface area contributed by atoms with Gasteiger partial charge in [0.2, 0.25) is 11.8 Å². The minimum absolute atomic E-state index is 0.0627. The van der Waals surface area contributed by atoms with Gasteiger partial charge < -0.3 is 26.0 Å². The number of hydrogen-bond donors (Lipinski definition) is 3. The number of carbonyl (C=O) groups excluding carboxylic acids is 4. The minimum Gasteiger partial charge on any atom is -0.444 e. The summed E-state index contributed by atoms with van der Waals surface area (Å²) in [6, 6.07) is 18.6. The molecule has 0 saturated carbocycles. The number of nitrogens with zero attached hydrogens (tertiary/aromatic N) is 1. The monoisotopic (exact) mass is 574 g/mol. The maximum atomic E-state index is 14.4. The number of aryl methyl sites for hydroxylation is 1. The van der Waals surface area contributed by atoms with Gasteiger partial charge in [-0.05, 0) is 88.9 Å². The number of nitrogens with two attached hydrogens (primary N) is 1. The average Bonchev–Trinajstić information content (AvgIpc) is 2.87. The number of carbonyl (C=O) groups is 4. The van der Waals surface area contributed by atoms with Gasteiger partial charge in [-0.1, -0.05) is 54.6 Å². The number of benzene rings is 3. The van der Waals surface area contributed by atoms with Gasteiger partial charge in [0, 0.05) is 17.6 Å². The van der Waals surface area contributed by atoms with Crippen LogP contribution in [0.5, 0.6) is 0 Å². The van der Waals surface area contributed by atoms with Gasteiger partial charge in [-0.3, -0.25) is 14.4 Å². The fourth-order valence-electron chi connectivity index (χ4n) is 4.78. The number of hydrogen-bond acceptors (Lipinski definition) is 5. The number of amides is 4. The van der Waals surface area contributed by atoms with Crippen LogP contribution in [0.15, 0.2) is 66.7 Å². The molecule has 4 amide bonds. The molecule has 0 saturated heterocycles. The van der Waals surface area contributed by atoms with Crippen LogP contribution < -0.4 is 16.4 Å². The van der Waals surface area contributed by atoms with E-state index < -0.39 is 47.0 Å². The molecule has 0 aromatic heterocycles. The van der Waals surface area contributed by atoms with Crippen molar-refractivity contribution in [2.45, 2.75) is 84.5 Å². The summed E-state index contributed by atoms with van der Waals surface area (Å²) in [7, 11) is 0. The van der Waals surface area contributed by atoms with Crippen LogP contribution in [0, 0.1) is 6.92 Å². The molecule has 0 aliphatic heterocycles. The fraction of sp³-hybridized carbons (Fsp3) is 0.394. The molecule has 9 heteroatoms. The lowest BCUT2D eigenvalue weighted by Crippen LogP contribution is -2.58. The number of ether oxygens (including phenoxy) is 1. The molecule has 2 unspecified atom stereocenters. The summed E-state index contributed by atoms with van der Waals surface area (Å²) in [4.78, 5) is 54.5. The van der Waals surface area contributed by atoms with Crippen molar-refractivity contribution in [1.82, 2.24) is 10.2 Å². The van der Waals surface area contributed by atoms with Crippen molar-refractivity contribution >= 4 is 40.3 Å². The molecule has 9 nitrogen and oxygen atoms in total.